The number of oxime groups is 1. The first kappa shape index (κ1) is 12.9. The third-order valence-electron chi connectivity index (χ3n) is 3.66. The highest BCUT2D eigenvalue weighted by molar-refractivity contribution is 5.85. The summed E-state index contributed by atoms with van der Waals surface area (Å²) in [6.45, 7) is 2.03. The van der Waals surface area contributed by atoms with Crippen LogP contribution in [0.15, 0.2) is 29.4 Å². The lowest BCUT2D eigenvalue weighted by molar-refractivity contribution is 0.312. The van der Waals surface area contributed by atoms with Crippen molar-refractivity contribution < 1.29 is 5.21 Å². The van der Waals surface area contributed by atoms with Crippen molar-refractivity contribution in [2.45, 2.75) is 44.7 Å². The predicted octanol–water partition coefficient (Wildman–Crippen LogP) is 1.66. The SMILES string of the molecule is CCC(NC1CCc2ccccc2C1)C(N)=NO. The second-order valence-electron chi connectivity index (χ2n) is 4.86. The average molecular weight is 247 g/mol. The molecule has 98 valence electrons. The van der Waals surface area contributed by atoms with Crippen molar-refractivity contribution in [2.75, 3.05) is 0 Å². The van der Waals surface area contributed by atoms with Crippen LogP contribution in [-0.2, 0) is 12.8 Å². The molecule has 1 aromatic rings. The zero-order chi connectivity index (χ0) is 13.0. The molecule has 0 aliphatic heterocycles. The van der Waals surface area contributed by atoms with Crippen LogP contribution in [0.25, 0.3) is 0 Å². The summed E-state index contributed by atoms with van der Waals surface area (Å²) in [6, 6.07) is 8.94. The van der Waals surface area contributed by atoms with Gasteiger partial charge < -0.3 is 16.3 Å². The summed E-state index contributed by atoms with van der Waals surface area (Å²) in [7, 11) is 0. The molecule has 2 rings (SSSR count). The van der Waals surface area contributed by atoms with E-state index in [-0.39, 0.29) is 11.9 Å². The van der Waals surface area contributed by atoms with Gasteiger partial charge in [0.25, 0.3) is 0 Å². The van der Waals surface area contributed by atoms with Crippen LogP contribution in [0.1, 0.15) is 30.9 Å². The summed E-state index contributed by atoms with van der Waals surface area (Å²) < 4.78 is 0. The van der Waals surface area contributed by atoms with E-state index in [0.717, 1.165) is 25.7 Å². The number of hydrogen-bond acceptors (Lipinski definition) is 3. The Labute approximate surface area is 108 Å². The largest absolute Gasteiger partial charge is 0.409 e. The second-order valence-corrected chi connectivity index (χ2v) is 4.86. The van der Waals surface area contributed by atoms with E-state index in [1.165, 1.54) is 11.1 Å². The highest BCUT2D eigenvalue weighted by Gasteiger charge is 2.22. The van der Waals surface area contributed by atoms with Crippen LogP contribution < -0.4 is 11.1 Å². The molecular formula is C14H21N3O. The van der Waals surface area contributed by atoms with Gasteiger partial charge in [0, 0.05) is 6.04 Å². The molecule has 18 heavy (non-hydrogen) atoms. The molecule has 4 nitrogen and oxygen atoms in total. The molecule has 0 saturated heterocycles. The van der Waals surface area contributed by atoms with E-state index in [1.807, 2.05) is 6.92 Å². The van der Waals surface area contributed by atoms with E-state index in [4.69, 9.17) is 10.9 Å². The number of fused-ring (bicyclic) bond motifs is 1. The van der Waals surface area contributed by atoms with Crippen molar-refractivity contribution in [3.8, 4) is 0 Å². The van der Waals surface area contributed by atoms with Crippen molar-refractivity contribution in [2.24, 2.45) is 10.9 Å². The van der Waals surface area contributed by atoms with Crippen molar-refractivity contribution in [1.29, 1.82) is 0 Å². The molecule has 4 N–H and O–H groups in total. The second kappa shape index (κ2) is 5.87. The molecule has 0 amide bonds. The maximum atomic E-state index is 8.75. The van der Waals surface area contributed by atoms with Gasteiger partial charge in [-0.05, 0) is 36.8 Å². The zero-order valence-corrected chi connectivity index (χ0v) is 10.8. The minimum atomic E-state index is -0.0368. The molecule has 0 radical (unpaired) electrons. The molecule has 0 saturated carbocycles. The highest BCUT2D eigenvalue weighted by atomic mass is 16.4. The molecule has 0 bridgehead atoms. The predicted molar refractivity (Wildman–Crippen MR) is 72.9 cm³/mol. The fourth-order valence-electron chi connectivity index (χ4n) is 2.61. The lowest BCUT2D eigenvalue weighted by Gasteiger charge is -2.29. The minimum Gasteiger partial charge on any atom is -0.409 e. The number of hydrogen-bond donors (Lipinski definition) is 3. The lowest BCUT2D eigenvalue weighted by Crippen LogP contribution is -2.48. The van der Waals surface area contributed by atoms with Gasteiger partial charge in [0.05, 0.1) is 6.04 Å². The van der Waals surface area contributed by atoms with Crippen molar-refractivity contribution in [3.05, 3.63) is 35.4 Å². The molecule has 4 heteroatoms. The summed E-state index contributed by atoms with van der Waals surface area (Å²) in [4.78, 5) is 0. The number of nitrogens with zero attached hydrogens (tertiary/aromatic N) is 1. The first-order valence-corrected chi connectivity index (χ1v) is 6.54. The standard InChI is InChI=1S/C14H21N3O/c1-2-13(14(15)17-18)16-12-8-7-10-5-3-4-6-11(10)9-12/h3-6,12-13,16,18H,2,7-9H2,1H3,(H2,15,17). The molecule has 0 heterocycles. The van der Waals surface area contributed by atoms with Crippen LogP contribution in [0.3, 0.4) is 0 Å². The topological polar surface area (TPSA) is 70.6 Å². The number of aryl methyl sites for hydroxylation is 1. The summed E-state index contributed by atoms with van der Waals surface area (Å²) in [5.41, 5.74) is 8.54. The zero-order valence-electron chi connectivity index (χ0n) is 10.8. The molecule has 0 spiro atoms. The van der Waals surface area contributed by atoms with Gasteiger partial charge in [-0.1, -0.05) is 36.3 Å². The Morgan fingerprint density at radius 1 is 1.50 bits per heavy atom. The molecule has 2 atom stereocenters. The number of amidine groups is 1. The highest BCUT2D eigenvalue weighted by Crippen LogP contribution is 2.21. The number of rotatable bonds is 4. The lowest BCUT2D eigenvalue weighted by atomic mass is 9.88. The third-order valence-corrected chi connectivity index (χ3v) is 3.66. The fourth-order valence-corrected chi connectivity index (χ4v) is 2.61. The van der Waals surface area contributed by atoms with Gasteiger partial charge in [0.2, 0.25) is 0 Å². The monoisotopic (exact) mass is 247 g/mol. The number of nitrogens with one attached hydrogen (secondary N) is 1. The van der Waals surface area contributed by atoms with Crippen molar-refractivity contribution in [1.82, 2.24) is 5.32 Å². The van der Waals surface area contributed by atoms with Gasteiger partial charge in [0.1, 0.15) is 0 Å². The van der Waals surface area contributed by atoms with E-state index < -0.39 is 0 Å². The summed E-state index contributed by atoms with van der Waals surface area (Å²) in [6.07, 6.45) is 4.05. The van der Waals surface area contributed by atoms with Gasteiger partial charge in [-0.25, -0.2) is 0 Å². The van der Waals surface area contributed by atoms with Crippen LogP contribution in [0.5, 0.6) is 0 Å². The summed E-state index contributed by atoms with van der Waals surface area (Å²) in [5.74, 6) is 0.274. The van der Waals surface area contributed by atoms with E-state index in [9.17, 15) is 0 Å². The van der Waals surface area contributed by atoms with Crippen molar-refractivity contribution >= 4 is 5.84 Å². The van der Waals surface area contributed by atoms with E-state index in [1.54, 1.807) is 0 Å². The van der Waals surface area contributed by atoms with E-state index in [2.05, 4.69) is 34.7 Å². The Balaban J connectivity index is 2.01. The summed E-state index contributed by atoms with van der Waals surface area (Å²) in [5, 5.41) is 15.3. The van der Waals surface area contributed by atoms with Crippen LogP contribution in [0.2, 0.25) is 0 Å². The van der Waals surface area contributed by atoms with E-state index >= 15 is 0 Å². The van der Waals surface area contributed by atoms with E-state index in [0.29, 0.717) is 6.04 Å². The molecular weight excluding hydrogens is 226 g/mol. The van der Waals surface area contributed by atoms with Gasteiger partial charge in [-0.2, -0.15) is 0 Å². The molecule has 0 fully saturated rings. The van der Waals surface area contributed by atoms with Crippen LogP contribution in [-0.4, -0.2) is 23.1 Å². The first-order valence-electron chi connectivity index (χ1n) is 6.54. The van der Waals surface area contributed by atoms with Crippen molar-refractivity contribution in [3.63, 3.8) is 0 Å². The smallest absolute Gasteiger partial charge is 0.156 e. The maximum absolute atomic E-state index is 8.75. The Morgan fingerprint density at radius 2 is 2.22 bits per heavy atom. The molecule has 1 aliphatic rings. The van der Waals surface area contributed by atoms with Gasteiger partial charge in [0.15, 0.2) is 5.84 Å². The fraction of sp³-hybridized carbons (Fsp3) is 0.500. The minimum absolute atomic E-state index is 0.0368. The number of nitrogens with two attached hydrogens (primary N) is 1. The van der Waals surface area contributed by atoms with Crippen LogP contribution >= 0.6 is 0 Å². The van der Waals surface area contributed by atoms with Crippen LogP contribution in [0, 0.1) is 0 Å². The first-order chi connectivity index (χ1) is 8.74. The van der Waals surface area contributed by atoms with Gasteiger partial charge in [-0.15, -0.1) is 0 Å². The van der Waals surface area contributed by atoms with Crippen LogP contribution in [0.4, 0.5) is 0 Å². The Kier molecular flexibility index (Phi) is 4.20. The van der Waals surface area contributed by atoms with Gasteiger partial charge >= 0.3 is 0 Å². The average Bonchev–Trinajstić information content (AvgIpc) is 2.43. The molecule has 1 aromatic carbocycles. The number of benzene rings is 1. The molecule has 2 unspecified atom stereocenters. The Morgan fingerprint density at radius 3 is 2.89 bits per heavy atom. The maximum Gasteiger partial charge on any atom is 0.156 e. The van der Waals surface area contributed by atoms with Gasteiger partial charge in [-0.3, -0.25) is 0 Å². The third kappa shape index (κ3) is 2.82. The Bertz CT molecular complexity index is 431. The quantitative estimate of drug-likeness (QED) is 0.328. The molecule has 1 aliphatic carbocycles. The molecule has 0 aromatic heterocycles. The normalized spacial score (nSPS) is 21.4. The summed E-state index contributed by atoms with van der Waals surface area (Å²) >= 11 is 0. The Hall–Kier alpha value is -1.55.